The average Bonchev–Trinajstić information content (AvgIpc) is 2.34. The molecule has 2 saturated carbocycles. The molecule has 2 atom stereocenters. The van der Waals surface area contributed by atoms with E-state index in [1.54, 1.807) is 0 Å². The Morgan fingerprint density at radius 1 is 1.32 bits per heavy atom. The van der Waals surface area contributed by atoms with E-state index < -0.39 is 0 Å². The molecule has 3 heteroatoms. The van der Waals surface area contributed by atoms with E-state index in [1.807, 2.05) is 0 Å². The molecule has 0 aliphatic heterocycles. The first kappa shape index (κ1) is 14.8. The molecule has 0 spiro atoms. The molecule has 2 fully saturated rings. The molecule has 3 N–H and O–H groups in total. The summed E-state index contributed by atoms with van der Waals surface area (Å²) in [5.74, 6) is 1.93. The fraction of sp³-hybridized carbons (Fsp3) is 0.938. The lowest BCUT2D eigenvalue weighted by atomic mass is 9.66. The van der Waals surface area contributed by atoms with Crippen LogP contribution in [0.25, 0.3) is 0 Å². The molecule has 0 radical (unpaired) electrons. The second kappa shape index (κ2) is 6.74. The highest BCUT2D eigenvalue weighted by Gasteiger charge is 2.37. The van der Waals surface area contributed by atoms with Gasteiger partial charge in [0, 0.05) is 13.0 Å². The zero-order chi connectivity index (χ0) is 13.7. The molecule has 0 saturated heterocycles. The summed E-state index contributed by atoms with van der Waals surface area (Å²) in [6.45, 7) is 3.88. The van der Waals surface area contributed by atoms with Gasteiger partial charge in [-0.05, 0) is 49.5 Å². The fourth-order valence-electron chi connectivity index (χ4n) is 3.77. The second-order valence-electron chi connectivity index (χ2n) is 7.01. The van der Waals surface area contributed by atoms with E-state index in [2.05, 4.69) is 12.2 Å². The largest absolute Gasteiger partial charge is 0.356 e. The van der Waals surface area contributed by atoms with Gasteiger partial charge in [-0.2, -0.15) is 0 Å². The van der Waals surface area contributed by atoms with Gasteiger partial charge in [0.05, 0.1) is 0 Å². The van der Waals surface area contributed by atoms with Gasteiger partial charge in [0.25, 0.3) is 0 Å². The third kappa shape index (κ3) is 4.20. The van der Waals surface area contributed by atoms with Gasteiger partial charge in [0.2, 0.25) is 5.91 Å². The molecular formula is C16H30N2O. The lowest BCUT2D eigenvalue weighted by Gasteiger charge is -2.40. The number of carbonyl (C=O) groups is 1. The van der Waals surface area contributed by atoms with Crippen molar-refractivity contribution < 1.29 is 4.79 Å². The van der Waals surface area contributed by atoms with E-state index >= 15 is 0 Å². The molecule has 110 valence electrons. The summed E-state index contributed by atoms with van der Waals surface area (Å²) in [6, 6.07) is 0. The van der Waals surface area contributed by atoms with Gasteiger partial charge in [0.1, 0.15) is 0 Å². The van der Waals surface area contributed by atoms with E-state index in [9.17, 15) is 4.79 Å². The van der Waals surface area contributed by atoms with Crippen LogP contribution in [0, 0.1) is 17.3 Å². The van der Waals surface area contributed by atoms with Crippen molar-refractivity contribution in [2.45, 2.75) is 64.7 Å². The van der Waals surface area contributed by atoms with Gasteiger partial charge in [-0.3, -0.25) is 4.79 Å². The molecule has 2 aliphatic rings. The molecule has 0 bridgehead atoms. The van der Waals surface area contributed by atoms with Crippen molar-refractivity contribution in [1.29, 1.82) is 0 Å². The van der Waals surface area contributed by atoms with Crippen molar-refractivity contribution in [3.8, 4) is 0 Å². The van der Waals surface area contributed by atoms with Gasteiger partial charge >= 0.3 is 0 Å². The van der Waals surface area contributed by atoms with Gasteiger partial charge in [-0.25, -0.2) is 0 Å². The SMILES string of the molecule is CC1CCCC(CCNC(=O)CC2(CN)CCC2)C1. The number of hydrogen-bond acceptors (Lipinski definition) is 2. The highest BCUT2D eigenvalue weighted by Crippen LogP contribution is 2.42. The van der Waals surface area contributed by atoms with Crippen LogP contribution in [0.2, 0.25) is 0 Å². The van der Waals surface area contributed by atoms with Gasteiger partial charge in [-0.1, -0.05) is 32.6 Å². The number of nitrogens with one attached hydrogen (secondary N) is 1. The van der Waals surface area contributed by atoms with Gasteiger partial charge < -0.3 is 11.1 Å². The van der Waals surface area contributed by atoms with Crippen molar-refractivity contribution in [1.82, 2.24) is 5.32 Å². The Morgan fingerprint density at radius 2 is 2.11 bits per heavy atom. The normalized spacial score (nSPS) is 29.6. The highest BCUT2D eigenvalue weighted by molar-refractivity contribution is 5.76. The number of nitrogens with two attached hydrogens (primary N) is 1. The molecule has 2 aliphatic carbocycles. The van der Waals surface area contributed by atoms with Crippen LogP contribution in [0.15, 0.2) is 0 Å². The zero-order valence-corrected chi connectivity index (χ0v) is 12.4. The Hall–Kier alpha value is -0.570. The third-order valence-electron chi connectivity index (χ3n) is 5.30. The van der Waals surface area contributed by atoms with E-state index in [0.717, 1.165) is 37.6 Å². The predicted octanol–water partition coefficient (Wildman–Crippen LogP) is 2.84. The number of carbonyl (C=O) groups excluding carboxylic acids is 1. The van der Waals surface area contributed by atoms with Crippen molar-refractivity contribution in [2.24, 2.45) is 23.0 Å². The maximum atomic E-state index is 11.9. The first-order chi connectivity index (χ1) is 9.13. The number of amides is 1. The summed E-state index contributed by atoms with van der Waals surface area (Å²) in [5.41, 5.74) is 5.94. The van der Waals surface area contributed by atoms with Crippen molar-refractivity contribution in [2.75, 3.05) is 13.1 Å². The smallest absolute Gasteiger partial charge is 0.220 e. The Kier molecular flexibility index (Phi) is 5.26. The minimum Gasteiger partial charge on any atom is -0.356 e. The molecule has 19 heavy (non-hydrogen) atoms. The Morgan fingerprint density at radius 3 is 2.68 bits per heavy atom. The fourth-order valence-corrected chi connectivity index (χ4v) is 3.77. The van der Waals surface area contributed by atoms with Crippen molar-refractivity contribution in [3.05, 3.63) is 0 Å². The highest BCUT2D eigenvalue weighted by atomic mass is 16.1. The first-order valence-corrected chi connectivity index (χ1v) is 8.10. The van der Waals surface area contributed by atoms with E-state index in [0.29, 0.717) is 13.0 Å². The van der Waals surface area contributed by atoms with Gasteiger partial charge in [-0.15, -0.1) is 0 Å². The standard InChI is InChI=1S/C16H30N2O/c1-13-4-2-5-14(10-13)6-9-18-15(19)11-16(12-17)7-3-8-16/h13-14H,2-12,17H2,1H3,(H,18,19). The zero-order valence-electron chi connectivity index (χ0n) is 12.4. The second-order valence-corrected chi connectivity index (χ2v) is 7.01. The number of rotatable bonds is 6. The topological polar surface area (TPSA) is 55.1 Å². The van der Waals surface area contributed by atoms with E-state index in [-0.39, 0.29) is 11.3 Å². The van der Waals surface area contributed by atoms with E-state index in [1.165, 1.54) is 32.1 Å². The molecule has 3 nitrogen and oxygen atoms in total. The summed E-state index contributed by atoms with van der Waals surface area (Å²) in [5, 5.41) is 3.11. The summed E-state index contributed by atoms with van der Waals surface area (Å²) in [6.07, 6.45) is 10.8. The van der Waals surface area contributed by atoms with Gasteiger partial charge in [0.15, 0.2) is 0 Å². The quantitative estimate of drug-likeness (QED) is 0.776. The lowest BCUT2D eigenvalue weighted by Crippen LogP contribution is -2.42. The van der Waals surface area contributed by atoms with Crippen LogP contribution in [0.5, 0.6) is 0 Å². The lowest BCUT2D eigenvalue weighted by molar-refractivity contribution is -0.124. The molecule has 2 unspecified atom stereocenters. The maximum absolute atomic E-state index is 11.9. The molecular weight excluding hydrogens is 236 g/mol. The minimum absolute atomic E-state index is 0.142. The van der Waals surface area contributed by atoms with Crippen LogP contribution in [0.4, 0.5) is 0 Å². The third-order valence-corrected chi connectivity index (χ3v) is 5.30. The molecule has 0 aromatic carbocycles. The Balaban J connectivity index is 1.61. The summed E-state index contributed by atoms with van der Waals surface area (Å²) in [4.78, 5) is 11.9. The van der Waals surface area contributed by atoms with Crippen molar-refractivity contribution >= 4 is 5.91 Å². The molecule has 0 aromatic heterocycles. The Labute approximate surface area is 117 Å². The molecule has 2 rings (SSSR count). The van der Waals surface area contributed by atoms with Crippen LogP contribution >= 0.6 is 0 Å². The molecule has 0 aromatic rings. The summed E-state index contributed by atoms with van der Waals surface area (Å²) in [7, 11) is 0. The minimum atomic E-state index is 0.142. The Bertz CT molecular complexity index is 294. The average molecular weight is 266 g/mol. The van der Waals surface area contributed by atoms with Crippen LogP contribution in [-0.2, 0) is 4.79 Å². The monoisotopic (exact) mass is 266 g/mol. The maximum Gasteiger partial charge on any atom is 0.220 e. The summed E-state index contributed by atoms with van der Waals surface area (Å²) >= 11 is 0. The molecule has 1 amide bonds. The van der Waals surface area contributed by atoms with Crippen LogP contribution in [0.1, 0.15) is 64.7 Å². The predicted molar refractivity (Wildman–Crippen MR) is 78.7 cm³/mol. The molecule has 0 heterocycles. The van der Waals surface area contributed by atoms with Crippen LogP contribution in [0.3, 0.4) is 0 Å². The van der Waals surface area contributed by atoms with Crippen LogP contribution in [-0.4, -0.2) is 19.0 Å². The summed E-state index contributed by atoms with van der Waals surface area (Å²) < 4.78 is 0. The van der Waals surface area contributed by atoms with E-state index in [4.69, 9.17) is 5.73 Å². The number of hydrogen-bond donors (Lipinski definition) is 2. The first-order valence-electron chi connectivity index (χ1n) is 8.10. The van der Waals surface area contributed by atoms with Crippen molar-refractivity contribution in [3.63, 3.8) is 0 Å². The van der Waals surface area contributed by atoms with Crippen LogP contribution < -0.4 is 11.1 Å².